The van der Waals surface area contributed by atoms with E-state index in [1.807, 2.05) is 30.9 Å². The number of ether oxygens (including phenoxy) is 2. The lowest BCUT2D eigenvalue weighted by Gasteiger charge is -2.29. The zero-order valence-electron chi connectivity index (χ0n) is 13.9. The van der Waals surface area contributed by atoms with Crippen LogP contribution in [-0.2, 0) is 13.0 Å². The number of hydrogen-bond acceptors (Lipinski definition) is 3. The molecule has 128 valence electrons. The Labute approximate surface area is 146 Å². The van der Waals surface area contributed by atoms with Crippen molar-refractivity contribution >= 4 is 17.5 Å². The van der Waals surface area contributed by atoms with Gasteiger partial charge in [-0.2, -0.15) is 0 Å². The zero-order valence-corrected chi connectivity index (χ0v) is 14.7. The molecule has 0 saturated carbocycles. The van der Waals surface area contributed by atoms with Crippen molar-refractivity contribution in [1.82, 2.24) is 9.88 Å². The highest BCUT2D eigenvalue weighted by Crippen LogP contribution is 2.34. The van der Waals surface area contributed by atoms with Gasteiger partial charge in [-0.1, -0.05) is 11.6 Å². The summed E-state index contributed by atoms with van der Waals surface area (Å²) in [6, 6.07) is 5.69. The molecule has 0 bridgehead atoms. The molecule has 0 radical (unpaired) electrons. The number of hydrogen-bond donors (Lipinski definition) is 1. The van der Waals surface area contributed by atoms with Gasteiger partial charge in [-0.25, -0.2) is 0 Å². The van der Waals surface area contributed by atoms with Crippen LogP contribution in [0, 0.1) is 0 Å². The zero-order chi connectivity index (χ0) is 17.1. The number of carbonyl (C=O) groups is 1. The summed E-state index contributed by atoms with van der Waals surface area (Å²) in [7, 11) is 0. The minimum Gasteiger partial charge on any atom is -0.490 e. The van der Waals surface area contributed by atoms with Crippen LogP contribution in [0.3, 0.4) is 0 Å². The Morgan fingerprint density at radius 3 is 2.42 bits per heavy atom. The lowest BCUT2D eigenvalue weighted by Crippen LogP contribution is -2.36. The van der Waals surface area contributed by atoms with Gasteiger partial charge in [-0.05, 0) is 49.6 Å². The van der Waals surface area contributed by atoms with Crippen molar-refractivity contribution in [3.63, 3.8) is 0 Å². The average molecular weight is 349 g/mol. The maximum atomic E-state index is 12.6. The van der Waals surface area contributed by atoms with Gasteiger partial charge < -0.3 is 19.4 Å². The number of H-pyrrole nitrogens is 1. The Morgan fingerprint density at radius 2 is 1.83 bits per heavy atom. The molecule has 6 heteroatoms. The average Bonchev–Trinajstić information content (AvgIpc) is 3.01. The first-order valence-corrected chi connectivity index (χ1v) is 8.54. The second-order valence-electron chi connectivity index (χ2n) is 5.64. The summed E-state index contributed by atoms with van der Waals surface area (Å²) < 4.78 is 11.4. The second kappa shape index (κ2) is 7.18. The molecular weight excluding hydrogens is 328 g/mol. The third-order valence-corrected chi connectivity index (χ3v) is 4.26. The quantitative estimate of drug-likeness (QED) is 0.897. The molecule has 0 unspecified atom stereocenters. The minimum atomic E-state index is -0.0422. The molecule has 3 rings (SSSR count). The van der Waals surface area contributed by atoms with E-state index in [2.05, 4.69) is 4.98 Å². The maximum Gasteiger partial charge on any atom is 0.270 e. The van der Waals surface area contributed by atoms with Gasteiger partial charge in [-0.3, -0.25) is 4.79 Å². The van der Waals surface area contributed by atoms with Gasteiger partial charge in [0, 0.05) is 19.3 Å². The van der Waals surface area contributed by atoms with Crippen molar-refractivity contribution in [3.8, 4) is 11.5 Å². The summed E-state index contributed by atoms with van der Waals surface area (Å²) in [5, 5.41) is 0.538. The second-order valence-corrected chi connectivity index (χ2v) is 6.08. The maximum absolute atomic E-state index is 12.6. The number of rotatable bonds is 5. The Hall–Kier alpha value is -2.14. The summed E-state index contributed by atoms with van der Waals surface area (Å²) in [6.45, 7) is 6.29. The highest BCUT2D eigenvalue weighted by atomic mass is 35.5. The smallest absolute Gasteiger partial charge is 0.270 e. The molecule has 2 heterocycles. The molecule has 0 aliphatic carbocycles. The Morgan fingerprint density at radius 1 is 1.17 bits per heavy atom. The molecule has 1 aliphatic heterocycles. The number of benzene rings is 1. The Bertz CT molecular complexity index is 742. The summed E-state index contributed by atoms with van der Waals surface area (Å²) in [5.41, 5.74) is 2.81. The van der Waals surface area contributed by atoms with E-state index in [9.17, 15) is 4.79 Å². The fraction of sp³-hybridized carbons (Fsp3) is 0.389. The van der Waals surface area contributed by atoms with Crippen molar-refractivity contribution in [3.05, 3.63) is 46.2 Å². The predicted molar refractivity (Wildman–Crippen MR) is 93.0 cm³/mol. The van der Waals surface area contributed by atoms with Crippen molar-refractivity contribution in [1.29, 1.82) is 0 Å². The fourth-order valence-corrected chi connectivity index (χ4v) is 3.10. The van der Waals surface area contributed by atoms with E-state index in [4.69, 9.17) is 21.1 Å². The van der Waals surface area contributed by atoms with Crippen LogP contribution in [0.25, 0.3) is 0 Å². The Kier molecular flexibility index (Phi) is 5.00. The molecule has 1 aromatic heterocycles. The predicted octanol–water partition coefficient (Wildman–Crippen LogP) is 3.66. The monoisotopic (exact) mass is 348 g/mol. The third kappa shape index (κ3) is 3.36. The van der Waals surface area contributed by atoms with E-state index < -0.39 is 0 Å². The lowest BCUT2D eigenvalue weighted by atomic mass is 9.98. The standard InChI is InChI=1S/C18H21ClN2O3/c1-3-23-16-7-12-5-6-21(11-13(12)8-17(16)24-4-2)18(22)15-9-14(19)10-20-15/h7-10,20H,3-6,11H2,1-2H3. The van der Waals surface area contributed by atoms with Crippen molar-refractivity contribution in [2.75, 3.05) is 19.8 Å². The number of carbonyl (C=O) groups excluding carboxylic acids is 1. The molecule has 1 aromatic carbocycles. The van der Waals surface area contributed by atoms with E-state index in [-0.39, 0.29) is 5.91 Å². The van der Waals surface area contributed by atoms with Crippen LogP contribution in [-0.4, -0.2) is 35.5 Å². The molecule has 2 aromatic rings. The van der Waals surface area contributed by atoms with Gasteiger partial charge in [0.05, 0.1) is 18.2 Å². The first-order valence-electron chi connectivity index (χ1n) is 8.17. The molecule has 1 N–H and O–H groups in total. The van der Waals surface area contributed by atoms with E-state index in [0.717, 1.165) is 23.5 Å². The summed E-state index contributed by atoms with van der Waals surface area (Å²) in [6.07, 6.45) is 2.41. The van der Waals surface area contributed by atoms with Gasteiger partial charge >= 0.3 is 0 Å². The van der Waals surface area contributed by atoms with E-state index >= 15 is 0 Å². The molecule has 0 saturated heterocycles. The molecule has 0 fully saturated rings. The topological polar surface area (TPSA) is 54.6 Å². The Balaban J connectivity index is 1.84. The number of amides is 1. The molecular formula is C18H21ClN2O3. The van der Waals surface area contributed by atoms with Gasteiger partial charge in [0.1, 0.15) is 5.69 Å². The largest absolute Gasteiger partial charge is 0.490 e. The van der Waals surface area contributed by atoms with Gasteiger partial charge in [-0.15, -0.1) is 0 Å². The van der Waals surface area contributed by atoms with E-state index in [1.165, 1.54) is 5.56 Å². The van der Waals surface area contributed by atoms with E-state index in [0.29, 0.717) is 37.0 Å². The van der Waals surface area contributed by atoms with Gasteiger partial charge in [0.25, 0.3) is 5.91 Å². The number of nitrogens with zero attached hydrogens (tertiary/aromatic N) is 1. The van der Waals surface area contributed by atoms with Crippen LogP contribution in [0.4, 0.5) is 0 Å². The molecule has 1 aliphatic rings. The van der Waals surface area contributed by atoms with Crippen LogP contribution >= 0.6 is 11.6 Å². The van der Waals surface area contributed by atoms with Crippen LogP contribution in [0.1, 0.15) is 35.5 Å². The number of aromatic nitrogens is 1. The van der Waals surface area contributed by atoms with E-state index in [1.54, 1.807) is 12.3 Å². The van der Waals surface area contributed by atoms with Crippen molar-refractivity contribution in [2.45, 2.75) is 26.8 Å². The normalized spacial score (nSPS) is 13.5. The number of fused-ring (bicyclic) bond motifs is 1. The molecule has 1 amide bonds. The minimum absolute atomic E-state index is 0.0422. The molecule has 5 nitrogen and oxygen atoms in total. The third-order valence-electron chi connectivity index (χ3n) is 4.04. The summed E-state index contributed by atoms with van der Waals surface area (Å²) >= 11 is 5.89. The van der Waals surface area contributed by atoms with Crippen LogP contribution in [0.5, 0.6) is 11.5 Å². The highest BCUT2D eigenvalue weighted by molar-refractivity contribution is 6.30. The molecule has 0 atom stereocenters. The SMILES string of the molecule is CCOc1cc2c(cc1OCC)CN(C(=O)c1cc(Cl)c[nH]1)CC2. The van der Waals surface area contributed by atoms with Crippen molar-refractivity contribution < 1.29 is 14.3 Å². The van der Waals surface area contributed by atoms with Crippen LogP contribution in [0.15, 0.2) is 24.4 Å². The lowest BCUT2D eigenvalue weighted by molar-refractivity contribution is 0.0729. The molecule has 0 spiro atoms. The fourth-order valence-electron chi connectivity index (χ4n) is 2.94. The molecule has 24 heavy (non-hydrogen) atoms. The van der Waals surface area contributed by atoms with Crippen molar-refractivity contribution in [2.24, 2.45) is 0 Å². The summed E-state index contributed by atoms with van der Waals surface area (Å²) in [5.74, 6) is 1.46. The highest BCUT2D eigenvalue weighted by Gasteiger charge is 2.24. The number of halogens is 1. The summed E-state index contributed by atoms with van der Waals surface area (Å²) in [4.78, 5) is 17.3. The van der Waals surface area contributed by atoms with Crippen LogP contribution in [0.2, 0.25) is 5.02 Å². The van der Waals surface area contributed by atoms with Gasteiger partial charge in [0.2, 0.25) is 0 Å². The first kappa shape index (κ1) is 16.7. The number of aromatic amines is 1. The first-order chi connectivity index (χ1) is 11.6. The van der Waals surface area contributed by atoms with Gasteiger partial charge in [0.15, 0.2) is 11.5 Å². The van der Waals surface area contributed by atoms with Crippen LogP contribution < -0.4 is 9.47 Å². The number of nitrogens with one attached hydrogen (secondary N) is 1.